The van der Waals surface area contributed by atoms with Crippen LogP contribution in [0.1, 0.15) is 35.3 Å². The summed E-state index contributed by atoms with van der Waals surface area (Å²) in [6.07, 6.45) is 2.86. The van der Waals surface area contributed by atoms with Crippen molar-refractivity contribution >= 4 is 11.6 Å². The number of hydrogen-bond acceptors (Lipinski definition) is 4. The Kier molecular flexibility index (Phi) is 5.23. The molecule has 1 atom stereocenters. The van der Waals surface area contributed by atoms with Gasteiger partial charge >= 0.3 is 0 Å². The van der Waals surface area contributed by atoms with Crippen LogP contribution in [0.3, 0.4) is 0 Å². The Bertz CT molecular complexity index is 1380. The minimum absolute atomic E-state index is 0.266. The van der Waals surface area contributed by atoms with Crippen molar-refractivity contribution in [3.8, 4) is 34.7 Å². The summed E-state index contributed by atoms with van der Waals surface area (Å²) in [6.45, 7) is 3.55. The number of hydrogen-bond donors (Lipinski definition) is 2. The van der Waals surface area contributed by atoms with Gasteiger partial charge in [-0.1, -0.05) is 5.92 Å². The van der Waals surface area contributed by atoms with Crippen molar-refractivity contribution in [1.82, 2.24) is 19.5 Å². The van der Waals surface area contributed by atoms with Gasteiger partial charge in [0.2, 0.25) is 0 Å². The van der Waals surface area contributed by atoms with Gasteiger partial charge in [-0.3, -0.25) is 9.89 Å². The Morgan fingerprint density at radius 1 is 1.18 bits per heavy atom. The zero-order chi connectivity index (χ0) is 22.9. The standard InChI is InChI=1S/C25H22FN5O2/c1-2-12-30-13-11-17(15-30)21-14-28-31-23(24(27)32)22(29-25(21)31)16-3-7-19(8-4-16)33-20-9-5-18(26)6-10-20/h3-10,14,17,28H,11,13,15H2,1H3,(H2,27,32). The molecular formula is C25H22FN5O2. The lowest BCUT2D eigenvalue weighted by Gasteiger charge is -2.09. The summed E-state index contributed by atoms with van der Waals surface area (Å²) < 4.78 is 20.5. The first kappa shape index (κ1) is 20.6. The lowest BCUT2D eigenvalue weighted by molar-refractivity contribution is 0.0994. The van der Waals surface area contributed by atoms with Gasteiger partial charge in [-0.05, 0) is 61.9 Å². The van der Waals surface area contributed by atoms with E-state index in [9.17, 15) is 9.18 Å². The zero-order valence-electron chi connectivity index (χ0n) is 18.0. The summed E-state index contributed by atoms with van der Waals surface area (Å²) in [5.41, 5.74) is 9.01. The number of nitrogens with two attached hydrogens (primary N) is 1. The molecule has 0 radical (unpaired) electrons. The Morgan fingerprint density at radius 3 is 2.55 bits per heavy atom. The van der Waals surface area contributed by atoms with Crippen LogP contribution < -0.4 is 10.5 Å². The van der Waals surface area contributed by atoms with E-state index in [1.165, 1.54) is 12.1 Å². The van der Waals surface area contributed by atoms with Gasteiger partial charge in [-0.2, -0.15) is 0 Å². The summed E-state index contributed by atoms with van der Waals surface area (Å²) in [4.78, 5) is 19.2. The van der Waals surface area contributed by atoms with Crippen LogP contribution in [0.4, 0.5) is 4.39 Å². The number of nitrogens with zero attached hydrogens (tertiary/aromatic N) is 3. The van der Waals surface area contributed by atoms with Crippen LogP contribution in [-0.4, -0.2) is 38.5 Å². The average molecular weight is 443 g/mol. The van der Waals surface area contributed by atoms with E-state index in [0.29, 0.717) is 28.5 Å². The van der Waals surface area contributed by atoms with Gasteiger partial charge in [0.25, 0.3) is 5.91 Å². The maximum absolute atomic E-state index is 13.1. The van der Waals surface area contributed by atoms with Gasteiger partial charge in [0.1, 0.15) is 23.0 Å². The maximum Gasteiger partial charge on any atom is 0.269 e. The minimum atomic E-state index is -0.567. The maximum atomic E-state index is 13.1. The topological polar surface area (TPSA) is 88.7 Å². The number of carbonyl (C=O) groups excluding carboxylic acids is 1. The van der Waals surface area contributed by atoms with E-state index in [2.05, 4.69) is 22.0 Å². The molecule has 0 saturated carbocycles. The molecule has 1 aliphatic heterocycles. The smallest absolute Gasteiger partial charge is 0.269 e. The van der Waals surface area contributed by atoms with Crippen LogP contribution in [0.25, 0.3) is 16.9 Å². The van der Waals surface area contributed by atoms with Crippen LogP contribution in [0, 0.1) is 17.8 Å². The van der Waals surface area contributed by atoms with Crippen LogP contribution in [-0.2, 0) is 0 Å². The fourth-order valence-corrected chi connectivity index (χ4v) is 4.26. The highest BCUT2D eigenvalue weighted by atomic mass is 19.1. The normalized spacial score (nSPS) is 15.5. The third kappa shape index (κ3) is 3.89. The summed E-state index contributed by atoms with van der Waals surface area (Å²) in [5, 5.41) is 3.14. The van der Waals surface area contributed by atoms with Crippen molar-refractivity contribution in [3.63, 3.8) is 0 Å². The van der Waals surface area contributed by atoms with Gasteiger partial charge < -0.3 is 15.4 Å². The molecular weight excluding hydrogens is 421 g/mol. The minimum Gasteiger partial charge on any atom is -0.457 e. The number of H-pyrrole nitrogens is 1. The van der Waals surface area contributed by atoms with Gasteiger partial charge in [0.05, 0.1) is 0 Å². The molecule has 1 saturated heterocycles. The molecule has 3 heterocycles. The number of amides is 1. The SMILES string of the molecule is CC#CN1CCC(c2c[nH]n3c(C(N)=O)c(-c4ccc(Oc5ccc(F)cc5)cc4)nc23)C1. The first-order chi connectivity index (χ1) is 16.0. The number of imidazole rings is 1. The van der Waals surface area contributed by atoms with E-state index in [1.807, 2.05) is 25.3 Å². The first-order valence-electron chi connectivity index (χ1n) is 10.6. The Balaban J connectivity index is 1.46. The molecule has 4 aromatic rings. The first-order valence-corrected chi connectivity index (χ1v) is 10.6. The van der Waals surface area contributed by atoms with Gasteiger partial charge in [0.15, 0.2) is 11.3 Å². The lowest BCUT2D eigenvalue weighted by Crippen LogP contribution is -2.15. The third-order valence-electron chi connectivity index (χ3n) is 5.79. The Labute approximate surface area is 190 Å². The quantitative estimate of drug-likeness (QED) is 0.454. The molecule has 1 amide bonds. The molecule has 0 aliphatic carbocycles. The van der Waals surface area contributed by atoms with Gasteiger partial charge in [0, 0.05) is 42.4 Å². The number of nitrogens with one attached hydrogen (secondary N) is 1. The second-order valence-corrected chi connectivity index (χ2v) is 7.93. The van der Waals surface area contributed by atoms with Crippen LogP contribution in [0.2, 0.25) is 0 Å². The number of halogens is 1. The predicted octanol–water partition coefficient (Wildman–Crippen LogP) is 4.13. The van der Waals surface area contributed by atoms with Gasteiger partial charge in [-0.25, -0.2) is 13.9 Å². The van der Waals surface area contributed by atoms with E-state index >= 15 is 0 Å². The lowest BCUT2D eigenvalue weighted by atomic mass is 10.0. The van der Waals surface area contributed by atoms with E-state index in [-0.39, 0.29) is 11.7 Å². The van der Waals surface area contributed by atoms with Crippen molar-refractivity contribution in [2.75, 3.05) is 13.1 Å². The summed E-state index contributed by atoms with van der Waals surface area (Å²) in [5.74, 6) is 3.43. The summed E-state index contributed by atoms with van der Waals surface area (Å²) in [6, 6.07) is 16.1. The summed E-state index contributed by atoms with van der Waals surface area (Å²) >= 11 is 0. The molecule has 1 fully saturated rings. The number of rotatable bonds is 5. The van der Waals surface area contributed by atoms with Crippen LogP contribution in [0.5, 0.6) is 11.5 Å². The molecule has 33 heavy (non-hydrogen) atoms. The van der Waals surface area contributed by atoms with Crippen LogP contribution in [0.15, 0.2) is 54.7 Å². The zero-order valence-corrected chi connectivity index (χ0v) is 18.0. The monoisotopic (exact) mass is 443 g/mol. The summed E-state index contributed by atoms with van der Waals surface area (Å²) in [7, 11) is 0. The molecule has 1 unspecified atom stereocenters. The predicted molar refractivity (Wildman–Crippen MR) is 122 cm³/mol. The molecule has 5 rings (SSSR count). The fourth-order valence-electron chi connectivity index (χ4n) is 4.26. The largest absolute Gasteiger partial charge is 0.457 e. The number of benzene rings is 2. The number of carbonyl (C=O) groups is 1. The van der Waals surface area contributed by atoms with Crippen molar-refractivity contribution in [1.29, 1.82) is 0 Å². The fraction of sp³-hybridized carbons (Fsp3) is 0.200. The van der Waals surface area contributed by atoms with Crippen molar-refractivity contribution in [3.05, 3.63) is 71.8 Å². The Morgan fingerprint density at radius 2 is 1.88 bits per heavy atom. The molecule has 8 heteroatoms. The number of fused-ring (bicyclic) bond motifs is 1. The molecule has 166 valence electrons. The number of ether oxygens (including phenoxy) is 1. The molecule has 2 aromatic carbocycles. The van der Waals surface area contributed by atoms with E-state index in [0.717, 1.165) is 30.6 Å². The van der Waals surface area contributed by atoms with Gasteiger partial charge in [-0.15, -0.1) is 0 Å². The molecule has 3 N–H and O–H groups in total. The number of aromatic nitrogens is 3. The highest BCUT2D eigenvalue weighted by molar-refractivity contribution is 5.98. The number of primary amides is 1. The van der Waals surface area contributed by atoms with Crippen molar-refractivity contribution in [2.45, 2.75) is 19.3 Å². The highest BCUT2D eigenvalue weighted by Crippen LogP contribution is 2.33. The molecule has 7 nitrogen and oxygen atoms in total. The molecule has 0 bridgehead atoms. The van der Waals surface area contributed by atoms with E-state index in [4.69, 9.17) is 15.5 Å². The van der Waals surface area contributed by atoms with Crippen LogP contribution >= 0.6 is 0 Å². The van der Waals surface area contributed by atoms with Crippen molar-refractivity contribution < 1.29 is 13.9 Å². The number of likely N-dealkylation sites (tertiary alicyclic amines) is 1. The highest BCUT2D eigenvalue weighted by Gasteiger charge is 2.28. The second-order valence-electron chi connectivity index (χ2n) is 7.93. The van der Waals surface area contributed by atoms with E-state index in [1.54, 1.807) is 28.8 Å². The second kappa shape index (κ2) is 8.36. The Hall–Kier alpha value is -4.25. The third-order valence-corrected chi connectivity index (χ3v) is 5.79. The average Bonchev–Trinajstić information content (AvgIpc) is 3.51. The van der Waals surface area contributed by atoms with E-state index < -0.39 is 5.91 Å². The molecule has 0 spiro atoms. The number of aromatic amines is 1. The van der Waals surface area contributed by atoms with Crippen molar-refractivity contribution in [2.24, 2.45) is 5.73 Å². The molecule has 1 aliphatic rings. The molecule has 2 aromatic heterocycles.